The van der Waals surface area contributed by atoms with E-state index in [0.717, 1.165) is 28.7 Å². The van der Waals surface area contributed by atoms with Gasteiger partial charge in [0.1, 0.15) is 0 Å². The van der Waals surface area contributed by atoms with Crippen LogP contribution in [0.25, 0.3) is 16.4 Å². The first-order valence-corrected chi connectivity index (χ1v) is 9.66. The van der Waals surface area contributed by atoms with Gasteiger partial charge in [0.05, 0.1) is 17.5 Å². The lowest BCUT2D eigenvalue weighted by molar-refractivity contribution is -0.143. The van der Waals surface area contributed by atoms with Crippen LogP contribution in [0, 0.1) is 6.92 Å². The van der Waals surface area contributed by atoms with Gasteiger partial charge in [-0.2, -0.15) is 18.3 Å². The number of carbonyl (C=O) groups is 1. The number of alkyl halides is 3. The lowest BCUT2D eigenvalue weighted by Crippen LogP contribution is -2.32. The molecule has 0 aliphatic heterocycles. The molecule has 3 aromatic rings. The van der Waals surface area contributed by atoms with Crippen LogP contribution < -0.4 is 5.32 Å². The SMILES string of the molecule is Cc1ccc(-c2csc(-n3ncc(C(=O)NCCN(C)C)c3C(F)(F)F)n2)cc1. The normalized spacial score (nSPS) is 11.8. The molecule has 1 N–H and O–H groups in total. The van der Waals surface area contributed by atoms with Gasteiger partial charge >= 0.3 is 6.18 Å². The number of hydrogen-bond donors (Lipinski definition) is 1. The Bertz CT molecular complexity index is 992. The Kier molecular flexibility index (Phi) is 6.04. The molecule has 10 heteroatoms. The van der Waals surface area contributed by atoms with Crippen molar-refractivity contribution in [2.75, 3.05) is 27.2 Å². The van der Waals surface area contributed by atoms with Crippen LogP contribution in [-0.2, 0) is 6.18 Å². The second-order valence-corrected chi connectivity index (χ2v) is 7.59. The maximum absolute atomic E-state index is 13.7. The van der Waals surface area contributed by atoms with Crippen LogP contribution in [0.1, 0.15) is 21.6 Å². The van der Waals surface area contributed by atoms with Crippen LogP contribution in [-0.4, -0.2) is 52.8 Å². The number of halogens is 3. The van der Waals surface area contributed by atoms with E-state index in [1.165, 1.54) is 0 Å². The second-order valence-electron chi connectivity index (χ2n) is 6.76. The van der Waals surface area contributed by atoms with Gasteiger partial charge in [0, 0.05) is 24.0 Å². The first-order chi connectivity index (χ1) is 13.7. The number of benzene rings is 1. The first-order valence-electron chi connectivity index (χ1n) is 8.78. The monoisotopic (exact) mass is 423 g/mol. The highest BCUT2D eigenvalue weighted by Gasteiger charge is 2.41. The number of nitrogens with zero attached hydrogens (tertiary/aromatic N) is 4. The molecule has 1 amide bonds. The lowest BCUT2D eigenvalue weighted by Gasteiger charge is -2.12. The molecule has 0 saturated carbocycles. The number of likely N-dealkylation sites (N-methyl/N-ethyl adjacent to an activating group) is 1. The van der Waals surface area contributed by atoms with Crippen LogP contribution in [0.3, 0.4) is 0 Å². The summed E-state index contributed by atoms with van der Waals surface area (Å²) in [5.74, 6) is -0.819. The Morgan fingerprint density at radius 1 is 1.24 bits per heavy atom. The first kappa shape index (κ1) is 21.0. The van der Waals surface area contributed by atoms with Crippen LogP contribution in [0.15, 0.2) is 35.8 Å². The molecular weight excluding hydrogens is 403 g/mol. The summed E-state index contributed by atoms with van der Waals surface area (Å²) in [7, 11) is 3.61. The van der Waals surface area contributed by atoms with E-state index in [-0.39, 0.29) is 11.7 Å². The Balaban J connectivity index is 1.93. The fraction of sp³-hybridized carbons (Fsp3) is 0.316. The van der Waals surface area contributed by atoms with E-state index in [9.17, 15) is 18.0 Å². The molecule has 2 aromatic heterocycles. The number of amides is 1. The third kappa shape index (κ3) is 4.83. The minimum Gasteiger partial charge on any atom is -0.351 e. The zero-order chi connectivity index (χ0) is 21.2. The molecule has 0 spiro atoms. The smallest absolute Gasteiger partial charge is 0.351 e. The van der Waals surface area contributed by atoms with Gasteiger partial charge in [0.25, 0.3) is 5.91 Å². The van der Waals surface area contributed by atoms with E-state index in [0.29, 0.717) is 16.9 Å². The summed E-state index contributed by atoms with van der Waals surface area (Å²) in [6.45, 7) is 2.68. The van der Waals surface area contributed by atoms with Crippen molar-refractivity contribution in [2.24, 2.45) is 0 Å². The van der Waals surface area contributed by atoms with Crippen molar-refractivity contribution in [3.63, 3.8) is 0 Å². The summed E-state index contributed by atoms with van der Waals surface area (Å²) >= 11 is 1.03. The van der Waals surface area contributed by atoms with Gasteiger partial charge in [-0.15, -0.1) is 11.3 Å². The molecule has 0 fully saturated rings. The van der Waals surface area contributed by atoms with Crippen LogP contribution in [0.4, 0.5) is 13.2 Å². The molecule has 0 atom stereocenters. The standard InChI is InChI=1S/C19H20F3N5OS/c1-12-4-6-13(7-5-12)15-11-29-18(25-15)27-16(19(20,21)22)14(10-24-27)17(28)23-8-9-26(2)3/h4-7,10-11H,8-9H2,1-3H3,(H,23,28). The predicted molar refractivity (Wildman–Crippen MR) is 105 cm³/mol. The quantitative estimate of drug-likeness (QED) is 0.658. The molecule has 0 unspecified atom stereocenters. The van der Waals surface area contributed by atoms with Crippen molar-refractivity contribution < 1.29 is 18.0 Å². The highest BCUT2D eigenvalue weighted by Crippen LogP contribution is 2.35. The van der Waals surface area contributed by atoms with Crippen molar-refractivity contribution >= 4 is 17.2 Å². The van der Waals surface area contributed by atoms with Crippen molar-refractivity contribution in [2.45, 2.75) is 13.1 Å². The summed E-state index contributed by atoms with van der Waals surface area (Å²) in [5.41, 5.74) is 0.750. The third-order valence-corrected chi connectivity index (χ3v) is 4.96. The average Bonchev–Trinajstić information content (AvgIpc) is 3.28. The highest BCUT2D eigenvalue weighted by molar-refractivity contribution is 7.12. The van der Waals surface area contributed by atoms with Crippen LogP contribution in [0.5, 0.6) is 0 Å². The number of hydrogen-bond acceptors (Lipinski definition) is 5. The maximum atomic E-state index is 13.7. The molecule has 0 aliphatic carbocycles. The zero-order valence-corrected chi connectivity index (χ0v) is 16.9. The van der Waals surface area contributed by atoms with Crippen molar-refractivity contribution in [3.8, 4) is 16.4 Å². The van der Waals surface area contributed by atoms with E-state index in [2.05, 4.69) is 15.4 Å². The minimum absolute atomic E-state index is 0.0419. The molecule has 0 radical (unpaired) electrons. The molecule has 1 aromatic carbocycles. The topological polar surface area (TPSA) is 63.1 Å². The molecule has 6 nitrogen and oxygen atoms in total. The van der Waals surface area contributed by atoms with E-state index < -0.39 is 23.3 Å². The largest absolute Gasteiger partial charge is 0.434 e. The van der Waals surface area contributed by atoms with Gasteiger partial charge in [0.2, 0.25) is 5.13 Å². The van der Waals surface area contributed by atoms with E-state index in [1.54, 1.807) is 19.5 Å². The summed E-state index contributed by atoms with van der Waals surface area (Å²) in [6, 6.07) is 7.51. The number of aryl methyl sites for hydroxylation is 1. The summed E-state index contributed by atoms with van der Waals surface area (Å²) in [5, 5.41) is 8.01. The van der Waals surface area contributed by atoms with Crippen LogP contribution in [0.2, 0.25) is 0 Å². The molecule has 29 heavy (non-hydrogen) atoms. The van der Waals surface area contributed by atoms with Gasteiger partial charge in [-0.05, 0) is 21.0 Å². The Labute approximate surface area is 170 Å². The summed E-state index contributed by atoms with van der Waals surface area (Å²) in [4.78, 5) is 18.4. The Morgan fingerprint density at radius 2 is 1.93 bits per heavy atom. The molecular formula is C19H20F3N5OS. The van der Waals surface area contributed by atoms with Gasteiger partial charge in [-0.1, -0.05) is 29.8 Å². The summed E-state index contributed by atoms with van der Waals surface area (Å²) in [6.07, 6.45) is -3.83. The molecule has 0 saturated heterocycles. The summed E-state index contributed by atoms with van der Waals surface area (Å²) < 4.78 is 41.9. The van der Waals surface area contributed by atoms with Crippen molar-refractivity contribution in [1.82, 2.24) is 25.0 Å². The number of nitrogens with one attached hydrogen (secondary N) is 1. The van der Waals surface area contributed by atoms with Gasteiger partial charge in [0.15, 0.2) is 5.69 Å². The van der Waals surface area contributed by atoms with Crippen LogP contribution >= 0.6 is 11.3 Å². The molecule has 154 valence electrons. The number of carbonyl (C=O) groups excluding carboxylic acids is 1. The van der Waals surface area contributed by atoms with Gasteiger partial charge in [-0.3, -0.25) is 4.79 Å². The number of rotatable bonds is 6. The van der Waals surface area contributed by atoms with Crippen molar-refractivity contribution in [3.05, 3.63) is 52.7 Å². The molecule has 0 bridgehead atoms. The number of thiazole rings is 1. The predicted octanol–water partition coefficient (Wildman–Crippen LogP) is 3.61. The van der Waals surface area contributed by atoms with Gasteiger partial charge < -0.3 is 10.2 Å². The number of aromatic nitrogens is 3. The molecule has 3 rings (SSSR count). The highest BCUT2D eigenvalue weighted by atomic mass is 32.1. The maximum Gasteiger partial charge on any atom is 0.434 e. The second kappa shape index (κ2) is 8.34. The fourth-order valence-electron chi connectivity index (χ4n) is 2.64. The third-order valence-electron chi connectivity index (χ3n) is 4.15. The molecule has 2 heterocycles. The average molecular weight is 423 g/mol. The van der Waals surface area contributed by atoms with E-state index in [1.807, 2.05) is 36.1 Å². The minimum atomic E-state index is -4.76. The Morgan fingerprint density at radius 3 is 2.55 bits per heavy atom. The van der Waals surface area contributed by atoms with E-state index >= 15 is 0 Å². The lowest BCUT2D eigenvalue weighted by atomic mass is 10.1. The van der Waals surface area contributed by atoms with E-state index in [4.69, 9.17) is 0 Å². The fourth-order valence-corrected chi connectivity index (χ4v) is 3.43. The zero-order valence-electron chi connectivity index (χ0n) is 16.1. The van der Waals surface area contributed by atoms with Gasteiger partial charge in [-0.25, -0.2) is 9.67 Å². The van der Waals surface area contributed by atoms with Crippen molar-refractivity contribution in [1.29, 1.82) is 0 Å². The Hall–Kier alpha value is -2.72. The molecule has 0 aliphatic rings.